The molecular formula is C24H27ClN6O3. The van der Waals surface area contributed by atoms with Crippen LogP contribution in [0.15, 0.2) is 30.5 Å². The molecule has 0 radical (unpaired) electrons. The fourth-order valence-corrected chi connectivity index (χ4v) is 4.69. The van der Waals surface area contributed by atoms with Crippen LogP contribution >= 0.6 is 11.6 Å². The highest BCUT2D eigenvalue weighted by Gasteiger charge is 2.23. The minimum Gasteiger partial charge on any atom is -0.481 e. The van der Waals surface area contributed by atoms with Crippen LogP contribution in [0.5, 0.6) is 11.6 Å². The molecule has 3 aromatic rings. The minimum atomic E-state index is -0.207. The van der Waals surface area contributed by atoms with Crippen molar-refractivity contribution in [1.29, 1.82) is 0 Å². The first-order valence-electron chi connectivity index (χ1n) is 11.4. The summed E-state index contributed by atoms with van der Waals surface area (Å²) >= 11 is 6.36. The van der Waals surface area contributed by atoms with Gasteiger partial charge in [0.15, 0.2) is 18.2 Å². The number of ether oxygens (including phenoxy) is 2. The molecule has 1 saturated heterocycles. The number of hydrogen-bond donors (Lipinski definition) is 2. The van der Waals surface area contributed by atoms with Crippen LogP contribution in [0.25, 0.3) is 11.0 Å². The molecule has 10 heteroatoms. The van der Waals surface area contributed by atoms with Crippen molar-refractivity contribution in [3.63, 3.8) is 0 Å². The average Bonchev–Trinajstić information content (AvgIpc) is 3.30. The molecule has 0 spiro atoms. The number of anilines is 1. The zero-order chi connectivity index (χ0) is 23.5. The number of likely N-dealkylation sites (tertiary alicyclic amines) is 1. The summed E-state index contributed by atoms with van der Waals surface area (Å²) in [4.78, 5) is 27.5. The largest absolute Gasteiger partial charge is 0.481 e. The lowest BCUT2D eigenvalue weighted by Gasteiger charge is -2.19. The van der Waals surface area contributed by atoms with E-state index in [1.807, 2.05) is 24.4 Å². The van der Waals surface area contributed by atoms with E-state index in [1.165, 1.54) is 5.56 Å². The number of aromatic nitrogens is 3. The lowest BCUT2D eigenvalue weighted by Crippen LogP contribution is -2.29. The normalized spacial score (nSPS) is 17.9. The van der Waals surface area contributed by atoms with Gasteiger partial charge in [0.05, 0.1) is 28.9 Å². The van der Waals surface area contributed by atoms with Gasteiger partial charge in [0.1, 0.15) is 0 Å². The third-order valence-electron chi connectivity index (χ3n) is 6.27. The highest BCUT2D eigenvalue weighted by atomic mass is 35.5. The number of carbonyl (C=O) groups excluding carboxylic acids is 1. The van der Waals surface area contributed by atoms with Crippen molar-refractivity contribution in [2.75, 3.05) is 45.2 Å². The van der Waals surface area contributed by atoms with Crippen LogP contribution in [-0.2, 0) is 17.8 Å². The molecule has 0 bridgehead atoms. The summed E-state index contributed by atoms with van der Waals surface area (Å²) in [5, 5.41) is 6.73. The number of hydrogen-bond acceptors (Lipinski definition) is 8. The summed E-state index contributed by atoms with van der Waals surface area (Å²) < 4.78 is 10.6. The van der Waals surface area contributed by atoms with Crippen LogP contribution in [0.4, 0.5) is 5.82 Å². The second-order valence-electron chi connectivity index (χ2n) is 8.63. The predicted octanol–water partition coefficient (Wildman–Crippen LogP) is 2.67. The number of methoxy groups -OCH3 is 1. The van der Waals surface area contributed by atoms with Gasteiger partial charge in [-0.25, -0.2) is 9.97 Å². The number of rotatable bonds is 8. The molecule has 3 aromatic heterocycles. The maximum absolute atomic E-state index is 11.5. The SMILES string of the molecule is COc1ccc2nccc(CCN3CC[C@@H](CNCc4nc5c(cc4Cl)OCC(=O)N5)C3)c2n1. The number of pyridine rings is 3. The van der Waals surface area contributed by atoms with Crippen molar-refractivity contribution in [3.05, 3.63) is 46.7 Å². The van der Waals surface area contributed by atoms with Crippen molar-refractivity contribution >= 4 is 34.4 Å². The smallest absolute Gasteiger partial charge is 0.263 e. The zero-order valence-electron chi connectivity index (χ0n) is 19.0. The standard InChI is InChI=1S/C24H27ClN6O3/c1-33-22-3-2-18-23(30-22)16(4-7-27-18)6-9-31-8-5-15(13-31)11-26-12-19-17(25)10-20-24(28-19)29-21(32)14-34-20/h2-4,7,10,15,26H,5-6,8-9,11-14H2,1H3,(H,28,29,32)/t15-/m0/s1. The number of nitrogens with zero attached hydrogens (tertiary/aromatic N) is 4. The number of halogens is 1. The van der Waals surface area contributed by atoms with E-state index in [4.69, 9.17) is 21.1 Å². The van der Waals surface area contributed by atoms with E-state index in [0.717, 1.165) is 50.1 Å². The van der Waals surface area contributed by atoms with E-state index < -0.39 is 0 Å². The molecule has 178 valence electrons. The number of carbonyl (C=O) groups is 1. The highest BCUT2D eigenvalue weighted by Crippen LogP contribution is 2.30. The molecule has 34 heavy (non-hydrogen) atoms. The van der Waals surface area contributed by atoms with Crippen LogP contribution in [0.3, 0.4) is 0 Å². The topological polar surface area (TPSA) is 102 Å². The summed E-state index contributed by atoms with van der Waals surface area (Å²) in [7, 11) is 1.63. The fourth-order valence-electron chi connectivity index (χ4n) is 4.48. The van der Waals surface area contributed by atoms with Gasteiger partial charge in [-0.15, -0.1) is 0 Å². The number of amides is 1. The van der Waals surface area contributed by atoms with Crippen LogP contribution in [0.2, 0.25) is 5.02 Å². The van der Waals surface area contributed by atoms with E-state index in [9.17, 15) is 4.79 Å². The lowest BCUT2D eigenvalue weighted by molar-refractivity contribution is -0.118. The third kappa shape index (κ3) is 5.06. The molecule has 0 aliphatic carbocycles. The Morgan fingerprint density at radius 2 is 2.24 bits per heavy atom. The molecule has 0 saturated carbocycles. The van der Waals surface area contributed by atoms with E-state index >= 15 is 0 Å². The summed E-state index contributed by atoms with van der Waals surface area (Å²) in [6.45, 7) is 4.50. The summed E-state index contributed by atoms with van der Waals surface area (Å²) in [6, 6.07) is 7.55. The third-order valence-corrected chi connectivity index (χ3v) is 6.60. The first-order valence-corrected chi connectivity index (χ1v) is 11.8. The van der Waals surface area contributed by atoms with Crippen molar-refractivity contribution in [3.8, 4) is 11.6 Å². The Kier molecular flexibility index (Phi) is 6.75. The molecule has 9 nitrogen and oxygen atoms in total. The molecule has 1 amide bonds. The molecule has 5 rings (SSSR count). The quantitative estimate of drug-likeness (QED) is 0.505. The summed E-state index contributed by atoms with van der Waals surface area (Å²) in [5.41, 5.74) is 3.70. The maximum Gasteiger partial charge on any atom is 0.263 e. The molecule has 0 unspecified atom stereocenters. The van der Waals surface area contributed by atoms with E-state index in [-0.39, 0.29) is 12.5 Å². The van der Waals surface area contributed by atoms with E-state index in [0.29, 0.717) is 40.6 Å². The van der Waals surface area contributed by atoms with Crippen molar-refractivity contribution in [2.24, 2.45) is 5.92 Å². The van der Waals surface area contributed by atoms with Crippen LogP contribution < -0.4 is 20.1 Å². The number of fused-ring (bicyclic) bond motifs is 2. The molecule has 2 aliphatic heterocycles. The second-order valence-corrected chi connectivity index (χ2v) is 9.04. The minimum absolute atomic E-state index is 0.0110. The zero-order valence-corrected chi connectivity index (χ0v) is 19.8. The van der Waals surface area contributed by atoms with Crippen LogP contribution in [0.1, 0.15) is 17.7 Å². The molecule has 5 heterocycles. The van der Waals surface area contributed by atoms with Gasteiger partial charge in [0.2, 0.25) is 5.88 Å². The van der Waals surface area contributed by atoms with Crippen molar-refractivity contribution in [2.45, 2.75) is 19.4 Å². The molecule has 1 fully saturated rings. The predicted molar refractivity (Wildman–Crippen MR) is 129 cm³/mol. The highest BCUT2D eigenvalue weighted by molar-refractivity contribution is 6.31. The Morgan fingerprint density at radius 3 is 3.12 bits per heavy atom. The van der Waals surface area contributed by atoms with Gasteiger partial charge in [-0.05, 0) is 49.5 Å². The summed E-state index contributed by atoms with van der Waals surface area (Å²) in [5.74, 6) is 1.90. The molecular weight excluding hydrogens is 456 g/mol. The monoisotopic (exact) mass is 482 g/mol. The number of nitrogens with one attached hydrogen (secondary N) is 2. The first-order chi connectivity index (χ1) is 16.6. The fraction of sp³-hybridized carbons (Fsp3) is 0.417. The van der Waals surface area contributed by atoms with Crippen LogP contribution in [-0.4, -0.2) is 65.7 Å². The van der Waals surface area contributed by atoms with E-state index in [2.05, 4.69) is 30.5 Å². The summed E-state index contributed by atoms with van der Waals surface area (Å²) in [6.07, 6.45) is 3.91. The van der Waals surface area contributed by atoms with Gasteiger partial charge in [0.25, 0.3) is 5.91 Å². The van der Waals surface area contributed by atoms with Gasteiger partial charge in [-0.3, -0.25) is 9.78 Å². The van der Waals surface area contributed by atoms with Crippen LogP contribution in [0, 0.1) is 5.92 Å². The van der Waals surface area contributed by atoms with Gasteiger partial charge < -0.3 is 25.0 Å². The van der Waals surface area contributed by atoms with Gasteiger partial charge >= 0.3 is 0 Å². The average molecular weight is 483 g/mol. The Bertz CT molecular complexity index is 1210. The van der Waals surface area contributed by atoms with Gasteiger partial charge in [-0.2, -0.15) is 0 Å². The maximum atomic E-state index is 11.5. The Labute approximate surface area is 202 Å². The van der Waals surface area contributed by atoms with E-state index in [1.54, 1.807) is 13.2 Å². The van der Waals surface area contributed by atoms with Gasteiger partial charge in [0, 0.05) is 38.0 Å². The molecule has 1 atom stereocenters. The molecule has 0 aromatic carbocycles. The molecule has 2 aliphatic rings. The lowest BCUT2D eigenvalue weighted by atomic mass is 10.1. The first kappa shape index (κ1) is 22.8. The van der Waals surface area contributed by atoms with Crippen molar-refractivity contribution < 1.29 is 14.3 Å². The second kappa shape index (κ2) is 10.1. The Hall–Kier alpha value is -3.01. The molecule has 2 N–H and O–H groups in total. The van der Waals surface area contributed by atoms with Crippen molar-refractivity contribution in [1.82, 2.24) is 25.2 Å². The Balaban J connectivity index is 1.12. The Morgan fingerprint density at radius 1 is 1.32 bits per heavy atom. The van der Waals surface area contributed by atoms with Gasteiger partial charge in [-0.1, -0.05) is 11.6 Å².